The van der Waals surface area contributed by atoms with E-state index in [2.05, 4.69) is 10.2 Å². The predicted octanol–water partition coefficient (Wildman–Crippen LogP) is 1.85. The van der Waals surface area contributed by atoms with Gasteiger partial charge in [0.2, 0.25) is 5.91 Å². The molecular weight excluding hydrogens is 260 g/mol. The first kappa shape index (κ1) is 13.6. The number of primary amides is 1. The average Bonchev–Trinajstić information content (AvgIpc) is 2.79. The average molecular weight is 276 g/mol. The number of rotatable bonds is 5. The molecule has 0 unspecified atom stereocenters. The van der Waals surface area contributed by atoms with Crippen LogP contribution in [0.15, 0.2) is 29.4 Å². The lowest BCUT2D eigenvalue weighted by atomic mass is 10.1. The molecule has 0 radical (unpaired) electrons. The number of carbonyl (C=O) groups is 1. The van der Waals surface area contributed by atoms with Crippen molar-refractivity contribution in [3.05, 3.63) is 29.8 Å². The van der Waals surface area contributed by atoms with Crippen LogP contribution in [-0.4, -0.2) is 26.4 Å². The first-order valence-corrected chi connectivity index (χ1v) is 7.02. The minimum Gasteiger partial charge on any atom is -0.369 e. The van der Waals surface area contributed by atoms with Crippen LogP contribution in [-0.2, 0) is 11.3 Å². The normalized spacial score (nSPS) is 10.6. The van der Waals surface area contributed by atoms with Gasteiger partial charge in [0.25, 0.3) is 0 Å². The zero-order valence-electron chi connectivity index (χ0n) is 11.0. The van der Waals surface area contributed by atoms with E-state index in [0.29, 0.717) is 0 Å². The molecule has 1 aromatic carbocycles. The van der Waals surface area contributed by atoms with Gasteiger partial charge in [-0.25, -0.2) is 0 Å². The summed E-state index contributed by atoms with van der Waals surface area (Å²) in [7, 11) is 0. The number of amides is 1. The van der Waals surface area contributed by atoms with Crippen LogP contribution in [0.5, 0.6) is 0 Å². The molecule has 6 heteroatoms. The van der Waals surface area contributed by atoms with E-state index < -0.39 is 0 Å². The first-order chi connectivity index (χ1) is 9.13. The number of aromatic nitrogens is 3. The van der Waals surface area contributed by atoms with Crippen molar-refractivity contribution >= 4 is 17.7 Å². The minimum absolute atomic E-state index is 0.214. The van der Waals surface area contributed by atoms with Gasteiger partial charge >= 0.3 is 0 Å². The minimum atomic E-state index is -0.354. The first-order valence-electron chi connectivity index (χ1n) is 6.03. The maximum atomic E-state index is 10.8. The van der Waals surface area contributed by atoms with Crippen molar-refractivity contribution in [3.63, 3.8) is 0 Å². The van der Waals surface area contributed by atoms with Crippen LogP contribution < -0.4 is 5.73 Å². The van der Waals surface area contributed by atoms with Gasteiger partial charge in [-0.2, -0.15) is 0 Å². The summed E-state index contributed by atoms with van der Waals surface area (Å²) in [5.74, 6) is 0.687. The van der Waals surface area contributed by atoms with Gasteiger partial charge in [0.15, 0.2) is 11.0 Å². The van der Waals surface area contributed by atoms with Crippen LogP contribution in [0.2, 0.25) is 0 Å². The summed E-state index contributed by atoms with van der Waals surface area (Å²) in [5.41, 5.74) is 7.36. The Bertz CT molecular complexity index is 594. The number of nitrogens with two attached hydrogens (primary N) is 1. The van der Waals surface area contributed by atoms with Crippen LogP contribution in [0.3, 0.4) is 0 Å². The van der Waals surface area contributed by atoms with E-state index in [4.69, 9.17) is 5.73 Å². The molecule has 0 fully saturated rings. The van der Waals surface area contributed by atoms with Crippen molar-refractivity contribution in [2.45, 2.75) is 25.5 Å². The van der Waals surface area contributed by atoms with Crippen LogP contribution >= 0.6 is 11.8 Å². The van der Waals surface area contributed by atoms with Gasteiger partial charge in [-0.3, -0.25) is 4.79 Å². The van der Waals surface area contributed by atoms with Gasteiger partial charge < -0.3 is 10.3 Å². The SMILES string of the molecule is CCn1c(SCC(N)=O)nnc1-c1ccccc1C. The van der Waals surface area contributed by atoms with E-state index in [9.17, 15) is 4.79 Å². The van der Waals surface area contributed by atoms with Gasteiger partial charge in [0.05, 0.1) is 5.75 Å². The molecule has 1 heterocycles. The summed E-state index contributed by atoms with van der Waals surface area (Å²) in [4.78, 5) is 10.8. The highest BCUT2D eigenvalue weighted by Crippen LogP contribution is 2.25. The molecule has 2 N–H and O–H groups in total. The number of aryl methyl sites for hydroxylation is 1. The molecule has 1 amide bonds. The Morgan fingerprint density at radius 2 is 2.11 bits per heavy atom. The quantitative estimate of drug-likeness (QED) is 0.846. The lowest BCUT2D eigenvalue weighted by Gasteiger charge is -2.08. The maximum absolute atomic E-state index is 10.8. The van der Waals surface area contributed by atoms with Gasteiger partial charge in [-0.15, -0.1) is 10.2 Å². The van der Waals surface area contributed by atoms with E-state index in [1.807, 2.05) is 42.7 Å². The Hall–Kier alpha value is -1.82. The fourth-order valence-corrected chi connectivity index (χ4v) is 2.58. The van der Waals surface area contributed by atoms with Gasteiger partial charge in [0, 0.05) is 12.1 Å². The second kappa shape index (κ2) is 5.88. The summed E-state index contributed by atoms with van der Waals surface area (Å²) in [5, 5.41) is 9.10. The molecule has 0 aliphatic rings. The van der Waals surface area contributed by atoms with E-state index in [-0.39, 0.29) is 11.7 Å². The Labute approximate surface area is 116 Å². The van der Waals surface area contributed by atoms with Gasteiger partial charge in [-0.05, 0) is 19.4 Å². The summed E-state index contributed by atoms with van der Waals surface area (Å²) in [6, 6.07) is 8.04. The smallest absolute Gasteiger partial charge is 0.227 e. The second-order valence-corrected chi connectivity index (χ2v) is 5.06. The van der Waals surface area contributed by atoms with Crippen LogP contribution in [0.25, 0.3) is 11.4 Å². The number of nitrogens with zero attached hydrogens (tertiary/aromatic N) is 3. The van der Waals surface area contributed by atoms with Gasteiger partial charge in [-0.1, -0.05) is 36.0 Å². The standard InChI is InChI=1S/C13H16N4OS/c1-3-17-12(10-7-5-4-6-9(10)2)15-16-13(17)19-8-11(14)18/h4-7H,3,8H2,1-2H3,(H2,14,18). The molecule has 2 rings (SSSR count). The van der Waals surface area contributed by atoms with Gasteiger partial charge in [0.1, 0.15) is 0 Å². The number of hydrogen-bond donors (Lipinski definition) is 1. The third-order valence-corrected chi connectivity index (χ3v) is 3.75. The Kier molecular flexibility index (Phi) is 4.21. The molecule has 100 valence electrons. The fourth-order valence-electron chi connectivity index (χ4n) is 1.84. The molecule has 2 aromatic rings. The zero-order chi connectivity index (χ0) is 13.8. The Morgan fingerprint density at radius 3 is 2.74 bits per heavy atom. The molecule has 0 bridgehead atoms. The van der Waals surface area contributed by atoms with Crippen LogP contribution in [0, 0.1) is 6.92 Å². The highest BCUT2D eigenvalue weighted by atomic mass is 32.2. The molecule has 0 saturated carbocycles. The van der Waals surface area contributed by atoms with Crippen molar-refractivity contribution in [3.8, 4) is 11.4 Å². The molecule has 5 nitrogen and oxygen atoms in total. The number of thioether (sulfide) groups is 1. The third kappa shape index (κ3) is 2.96. The second-order valence-electron chi connectivity index (χ2n) is 4.12. The fraction of sp³-hybridized carbons (Fsp3) is 0.308. The lowest BCUT2D eigenvalue weighted by molar-refractivity contribution is -0.115. The van der Waals surface area contributed by atoms with Crippen molar-refractivity contribution < 1.29 is 4.79 Å². The van der Waals surface area contributed by atoms with Crippen molar-refractivity contribution in [2.24, 2.45) is 5.73 Å². The van der Waals surface area contributed by atoms with E-state index in [1.54, 1.807) is 0 Å². The highest BCUT2D eigenvalue weighted by Gasteiger charge is 2.14. The van der Waals surface area contributed by atoms with E-state index >= 15 is 0 Å². The van der Waals surface area contributed by atoms with Crippen LogP contribution in [0.4, 0.5) is 0 Å². The number of hydrogen-bond acceptors (Lipinski definition) is 4. The molecule has 0 spiro atoms. The molecule has 0 aliphatic carbocycles. The van der Waals surface area contributed by atoms with Crippen molar-refractivity contribution in [2.75, 3.05) is 5.75 Å². The molecule has 1 aromatic heterocycles. The number of carbonyl (C=O) groups excluding carboxylic acids is 1. The van der Waals surface area contributed by atoms with Crippen LogP contribution in [0.1, 0.15) is 12.5 Å². The summed E-state index contributed by atoms with van der Waals surface area (Å²) in [6.45, 7) is 4.82. The monoisotopic (exact) mass is 276 g/mol. The van der Waals surface area contributed by atoms with Crippen molar-refractivity contribution in [1.82, 2.24) is 14.8 Å². The largest absolute Gasteiger partial charge is 0.369 e. The molecule has 0 saturated heterocycles. The number of benzene rings is 1. The third-order valence-electron chi connectivity index (χ3n) is 2.76. The molecule has 19 heavy (non-hydrogen) atoms. The lowest BCUT2D eigenvalue weighted by Crippen LogP contribution is -2.13. The summed E-state index contributed by atoms with van der Waals surface area (Å²) < 4.78 is 2.00. The molecule has 0 atom stereocenters. The zero-order valence-corrected chi connectivity index (χ0v) is 11.8. The van der Waals surface area contributed by atoms with E-state index in [1.165, 1.54) is 11.8 Å². The molecular formula is C13H16N4OS. The maximum Gasteiger partial charge on any atom is 0.227 e. The topological polar surface area (TPSA) is 73.8 Å². The Balaban J connectivity index is 2.37. The Morgan fingerprint density at radius 1 is 1.37 bits per heavy atom. The highest BCUT2D eigenvalue weighted by molar-refractivity contribution is 7.99. The summed E-state index contributed by atoms with van der Waals surface area (Å²) in [6.07, 6.45) is 0. The summed E-state index contributed by atoms with van der Waals surface area (Å²) >= 11 is 1.32. The van der Waals surface area contributed by atoms with E-state index in [0.717, 1.165) is 28.7 Å². The van der Waals surface area contributed by atoms with Crippen molar-refractivity contribution in [1.29, 1.82) is 0 Å². The predicted molar refractivity (Wildman–Crippen MR) is 75.8 cm³/mol. The molecule has 0 aliphatic heterocycles.